The molecule has 0 radical (unpaired) electrons. The average molecular weight is 495 g/mol. The smallest absolute Gasteiger partial charge is 0.338 e. The molecule has 1 saturated heterocycles. The van der Waals surface area contributed by atoms with Crippen molar-refractivity contribution in [3.05, 3.63) is 35.9 Å². The Balaban J connectivity index is 1.65. The summed E-state index contributed by atoms with van der Waals surface area (Å²) in [5.41, 5.74) is -0.0115. The number of nitrogens with zero attached hydrogens (tertiary/aromatic N) is 3. The van der Waals surface area contributed by atoms with Gasteiger partial charge in [-0.05, 0) is 32.0 Å². The van der Waals surface area contributed by atoms with E-state index in [2.05, 4.69) is 15.3 Å². The fraction of sp³-hybridized carbons (Fsp3) is 0.429. The molecule has 184 valence electrons. The molecule has 0 aliphatic carbocycles. The van der Waals surface area contributed by atoms with Gasteiger partial charge in [-0.25, -0.2) is 13.2 Å². The zero-order valence-corrected chi connectivity index (χ0v) is 20.0. The Kier molecular flexibility index (Phi) is 8.02. The normalized spacial score (nSPS) is 18.7. The summed E-state index contributed by atoms with van der Waals surface area (Å²) in [5.74, 6) is -1.33. The highest BCUT2D eigenvalue weighted by Gasteiger charge is 2.32. The predicted molar refractivity (Wildman–Crippen MR) is 119 cm³/mol. The van der Waals surface area contributed by atoms with Crippen LogP contribution in [0.2, 0.25) is 0 Å². The summed E-state index contributed by atoms with van der Waals surface area (Å²) in [5, 5.41) is 2.37. The van der Waals surface area contributed by atoms with Gasteiger partial charge in [0.05, 0.1) is 43.0 Å². The molecule has 1 aliphatic rings. The lowest BCUT2D eigenvalue weighted by Crippen LogP contribution is -2.48. The second-order valence-electron chi connectivity index (χ2n) is 7.51. The Hall–Kier alpha value is -3.29. The Labute approximate surface area is 197 Å². The number of anilines is 1. The minimum Gasteiger partial charge on any atom is -0.481 e. The molecule has 1 aromatic heterocycles. The van der Waals surface area contributed by atoms with E-state index in [4.69, 9.17) is 18.9 Å². The zero-order valence-electron chi connectivity index (χ0n) is 19.2. The number of morpholine rings is 1. The number of rotatable bonds is 8. The molecular formula is C21H26N4O8S. The standard InChI is InChI=1S/C21H26N4O8S/c1-13-10-25(11-14(2)33-13)34(28,29)16-7-5-6-15(8-16)20(27)32-12-17(26)22-21-23-18(30-3)9-19(24-21)31-4/h5-9,13-14H,10-12H2,1-4H3,(H,22,23,24,26)/t13-,14-/m1/s1. The number of esters is 1. The molecule has 0 saturated carbocycles. The number of carbonyl (C=O) groups is 2. The number of benzene rings is 1. The van der Waals surface area contributed by atoms with Gasteiger partial charge >= 0.3 is 5.97 Å². The summed E-state index contributed by atoms with van der Waals surface area (Å²) < 4.78 is 48.0. The van der Waals surface area contributed by atoms with Crippen LogP contribution in [0.3, 0.4) is 0 Å². The highest BCUT2D eigenvalue weighted by Crippen LogP contribution is 2.22. The number of nitrogens with one attached hydrogen (secondary N) is 1. The first kappa shape index (κ1) is 25.3. The van der Waals surface area contributed by atoms with Crippen molar-refractivity contribution in [2.75, 3.05) is 39.2 Å². The van der Waals surface area contributed by atoms with Gasteiger partial charge in [-0.2, -0.15) is 14.3 Å². The van der Waals surface area contributed by atoms with Gasteiger partial charge in [0, 0.05) is 13.1 Å². The van der Waals surface area contributed by atoms with Crippen molar-refractivity contribution in [3.8, 4) is 11.8 Å². The van der Waals surface area contributed by atoms with E-state index in [1.807, 2.05) is 0 Å². The molecule has 1 aliphatic heterocycles. The molecule has 1 N–H and O–H groups in total. The maximum absolute atomic E-state index is 13.0. The van der Waals surface area contributed by atoms with E-state index < -0.39 is 28.5 Å². The number of ether oxygens (including phenoxy) is 4. The Morgan fingerprint density at radius 2 is 1.71 bits per heavy atom. The molecule has 1 aromatic carbocycles. The van der Waals surface area contributed by atoms with E-state index in [-0.39, 0.29) is 53.5 Å². The van der Waals surface area contributed by atoms with Gasteiger partial charge < -0.3 is 18.9 Å². The fourth-order valence-electron chi connectivity index (χ4n) is 3.30. The summed E-state index contributed by atoms with van der Waals surface area (Å²) in [6.45, 7) is 3.36. The first-order chi connectivity index (χ1) is 16.1. The molecule has 12 nitrogen and oxygen atoms in total. The maximum Gasteiger partial charge on any atom is 0.338 e. The molecule has 3 rings (SSSR count). The molecule has 2 atom stereocenters. The van der Waals surface area contributed by atoms with Crippen LogP contribution < -0.4 is 14.8 Å². The Morgan fingerprint density at radius 1 is 1.09 bits per heavy atom. The molecule has 0 unspecified atom stereocenters. The lowest BCUT2D eigenvalue weighted by molar-refractivity contribution is -0.119. The molecule has 1 fully saturated rings. The van der Waals surface area contributed by atoms with Crippen LogP contribution in [0.15, 0.2) is 35.2 Å². The third-order valence-electron chi connectivity index (χ3n) is 4.78. The van der Waals surface area contributed by atoms with E-state index in [0.29, 0.717) is 0 Å². The summed E-state index contributed by atoms with van der Waals surface area (Å²) in [6, 6.07) is 6.88. The highest BCUT2D eigenvalue weighted by atomic mass is 32.2. The van der Waals surface area contributed by atoms with Crippen molar-refractivity contribution in [3.63, 3.8) is 0 Å². The quantitative estimate of drug-likeness (QED) is 0.529. The van der Waals surface area contributed by atoms with Crippen LogP contribution >= 0.6 is 0 Å². The van der Waals surface area contributed by atoms with Crippen LogP contribution in [-0.2, 0) is 24.3 Å². The molecule has 0 bridgehead atoms. The number of aromatic nitrogens is 2. The van der Waals surface area contributed by atoms with Crippen molar-refractivity contribution < 1.29 is 37.0 Å². The van der Waals surface area contributed by atoms with E-state index in [1.165, 1.54) is 48.9 Å². The van der Waals surface area contributed by atoms with Gasteiger partial charge in [0.1, 0.15) is 0 Å². The molecule has 2 heterocycles. The number of amides is 1. The lowest BCUT2D eigenvalue weighted by Gasteiger charge is -2.34. The van der Waals surface area contributed by atoms with Gasteiger partial charge in [0.15, 0.2) is 6.61 Å². The van der Waals surface area contributed by atoms with Crippen molar-refractivity contribution in [1.29, 1.82) is 0 Å². The van der Waals surface area contributed by atoms with Gasteiger partial charge in [0.25, 0.3) is 5.91 Å². The average Bonchev–Trinajstić information content (AvgIpc) is 2.81. The SMILES string of the molecule is COc1cc(OC)nc(NC(=O)COC(=O)c2cccc(S(=O)(=O)N3C[C@@H](C)O[C@H](C)C3)c2)n1. The number of hydrogen-bond acceptors (Lipinski definition) is 10. The van der Waals surface area contributed by atoms with Crippen LogP contribution in [0.25, 0.3) is 0 Å². The molecule has 34 heavy (non-hydrogen) atoms. The van der Waals surface area contributed by atoms with Crippen LogP contribution in [0.5, 0.6) is 11.8 Å². The maximum atomic E-state index is 13.0. The van der Waals surface area contributed by atoms with Gasteiger partial charge in [-0.1, -0.05) is 6.07 Å². The van der Waals surface area contributed by atoms with Crippen LogP contribution in [0, 0.1) is 0 Å². The summed E-state index contributed by atoms with van der Waals surface area (Å²) >= 11 is 0. The third-order valence-corrected chi connectivity index (χ3v) is 6.60. The topological polar surface area (TPSA) is 146 Å². The van der Waals surface area contributed by atoms with E-state index >= 15 is 0 Å². The molecule has 0 spiro atoms. The van der Waals surface area contributed by atoms with Crippen LogP contribution in [0.4, 0.5) is 5.95 Å². The summed E-state index contributed by atoms with van der Waals surface area (Å²) in [6.07, 6.45) is -0.502. The first-order valence-corrected chi connectivity index (χ1v) is 11.8. The molecular weight excluding hydrogens is 468 g/mol. The Bertz CT molecular complexity index is 1120. The minimum atomic E-state index is -3.84. The predicted octanol–water partition coefficient (Wildman–Crippen LogP) is 1.09. The zero-order chi connectivity index (χ0) is 24.9. The van der Waals surface area contributed by atoms with Gasteiger partial charge in [0.2, 0.25) is 27.7 Å². The fourth-order valence-corrected chi connectivity index (χ4v) is 4.94. The van der Waals surface area contributed by atoms with E-state index in [0.717, 1.165) is 0 Å². The largest absolute Gasteiger partial charge is 0.481 e. The number of methoxy groups -OCH3 is 2. The summed E-state index contributed by atoms with van der Waals surface area (Å²) in [4.78, 5) is 32.5. The van der Waals surface area contributed by atoms with Crippen molar-refractivity contribution in [2.45, 2.75) is 31.0 Å². The molecule has 1 amide bonds. The number of hydrogen-bond donors (Lipinski definition) is 1. The second kappa shape index (κ2) is 10.8. The summed E-state index contributed by atoms with van der Waals surface area (Å²) in [7, 11) is -1.06. The van der Waals surface area contributed by atoms with Crippen LogP contribution in [0.1, 0.15) is 24.2 Å². The monoisotopic (exact) mass is 494 g/mol. The molecule has 2 aromatic rings. The van der Waals surface area contributed by atoms with Gasteiger partial charge in [-0.3, -0.25) is 10.1 Å². The third kappa shape index (κ3) is 6.18. The van der Waals surface area contributed by atoms with Crippen LogP contribution in [-0.4, -0.2) is 80.7 Å². The molecule has 13 heteroatoms. The second-order valence-corrected chi connectivity index (χ2v) is 9.45. The van der Waals surface area contributed by atoms with E-state index in [9.17, 15) is 18.0 Å². The van der Waals surface area contributed by atoms with Crippen molar-refractivity contribution >= 4 is 27.8 Å². The first-order valence-electron chi connectivity index (χ1n) is 10.3. The van der Waals surface area contributed by atoms with Crippen molar-refractivity contribution in [2.24, 2.45) is 0 Å². The lowest BCUT2D eigenvalue weighted by atomic mass is 10.2. The highest BCUT2D eigenvalue weighted by molar-refractivity contribution is 7.89. The van der Waals surface area contributed by atoms with E-state index in [1.54, 1.807) is 13.8 Å². The van der Waals surface area contributed by atoms with Gasteiger partial charge in [-0.15, -0.1) is 0 Å². The Morgan fingerprint density at radius 3 is 2.29 bits per heavy atom. The number of sulfonamides is 1. The minimum absolute atomic E-state index is 0.0115. The van der Waals surface area contributed by atoms with Crippen molar-refractivity contribution in [1.82, 2.24) is 14.3 Å². The number of carbonyl (C=O) groups excluding carboxylic acids is 2.